The average molecular weight is 342 g/mol. The molecule has 2 fully saturated rings. The van der Waals surface area contributed by atoms with Gasteiger partial charge in [-0.3, -0.25) is 0 Å². The van der Waals surface area contributed by atoms with Crippen molar-refractivity contribution in [3.05, 3.63) is 29.8 Å². The third kappa shape index (κ3) is 4.55. The summed E-state index contributed by atoms with van der Waals surface area (Å²) in [5, 5.41) is 5.39. The molecule has 2 N–H and O–H groups in total. The fraction of sp³-hybridized carbons (Fsp3) is 0.588. The number of ether oxygens (including phenoxy) is 1. The quantitative estimate of drug-likeness (QED) is 0.826. The van der Waals surface area contributed by atoms with Crippen LogP contribution >= 0.6 is 0 Å². The Hall–Kier alpha value is -1.92. The molecule has 24 heavy (non-hydrogen) atoms. The number of benzene rings is 1. The molecule has 132 valence electrons. The fourth-order valence-electron chi connectivity index (χ4n) is 3.29. The van der Waals surface area contributed by atoms with Crippen molar-refractivity contribution in [2.45, 2.75) is 38.6 Å². The first-order valence-corrected chi connectivity index (χ1v) is 8.28. The number of halogens is 3. The number of rotatable bonds is 6. The molecular weight excluding hydrogens is 321 g/mol. The zero-order valence-corrected chi connectivity index (χ0v) is 13.2. The van der Waals surface area contributed by atoms with Crippen LogP contribution in [0.5, 0.6) is 5.75 Å². The maximum atomic E-state index is 12.4. The van der Waals surface area contributed by atoms with Crippen LogP contribution in [-0.4, -0.2) is 18.9 Å². The molecule has 0 heterocycles. The predicted octanol–water partition coefficient (Wildman–Crippen LogP) is 3.82. The summed E-state index contributed by atoms with van der Waals surface area (Å²) in [4.78, 5) is 11.8. The van der Waals surface area contributed by atoms with Crippen LogP contribution in [0.1, 0.15) is 31.2 Å². The van der Waals surface area contributed by atoms with Gasteiger partial charge in [-0.05, 0) is 30.2 Å². The van der Waals surface area contributed by atoms with Crippen LogP contribution in [0.3, 0.4) is 0 Å². The highest BCUT2D eigenvalue weighted by molar-refractivity contribution is 5.73. The summed E-state index contributed by atoms with van der Waals surface area (Å²) in [7, 11) is 0. The Kier molecular flexibility index (Phi) is 4.87. The van der Waals surface area contributed by atoms with Gasteiger partial charge in [-0.15, -0.1) is 13.2 Å². The first-order valence-electron chi connectivity index (χ1n) is 8.28. The van der Waals surface area contributed by atoms with Crippen LogP contribution in [0.2, 0.25) is 0 Å². The topological polar surface area (TPSA) is 50.4 Å². The van der Waals surface area contributed by atoms with Crippen molar-refractivity contribution in [1.29, 1.82) is 0 Å². The Labute approximate surface area is 138 Å². The van der Waals surface area contributed by atoms with E-state index in [9.17, 15) is 18.0 Å². The minimum absolute atomic E-state index is 0.0190. The number of carbonyl (C=O) groups is 1. The number of amides is 2. The molecule has 0 saturated heterocycles. The molecule has 2 saturated carbocycles. The second kappa shape index (κ2) is 6.91. The Morgan fingerprint density at radius 2 is 1.96 bits per heavy atom. The fourth-order valence-corrected chi connectivity index (χ4v) is 3.29. The third-order valence-corrected chi connectivity index (χ3v) is 4.90. The molecule has 2 amide bonds. The van der Waals surface area contributed by atoms with Crippen LogP contribution < -0.4 is 15.4 Å². The zero-order chi connectivity index (χ0) is 17.2. The molecule has 3 rings (SSSR count). The number of hydrogen-bond donors (Lipinski definition) is 2. The lowest BCUT2D eigenvalue weighted by Gasteiger charge is -2.25. The molecular formula is C17H21F3N2O2. The molecule has 0 bridgehead atoms. The Morgan fingerprint density at radius 1 is 1.21 bits per heavy atom. The van der Waals surface area contributed by atoms with Gasteiger partial charge in [-0.25, -0.2) is 4.79 Å². The summed E-state index contributed by atoms with van der Waals surface area (Å²) in [6.45, 7) is 0.614. The minimum atomic E-state index is -4.75. The van der Waals surface area contributed by atoms with E-state index in [2.05, 4.69) is 15.4 Å². The van der Waals surface area contributed by atoms with Gasteiger partial charge >= 0.3 is 12.4 Å². The maximum absolute atomic E-state index is 12.4. The van der Waals surface area contributed by atoms with Crippen LogP contribution in [0.25, 0.3) is 0 Å². The van der Waals surface area contributed by atoms with E-state index < -0.39 is 6.36 Å². The van der Waals surface area contributed by atoms with Crippen molar-refractivity contribution in [1.82, 2.24) is 10.6 Å². The van der Waals surface area contributed by atoms with E-state index >= 15 is 0 Å². The van der Waals surface area contributed by atoms with Crippen LogP contribution in [0.4, 0.5) is 18.0 Å². The van der Waals surface area contributed by atoms with E-state index in [4.69, 9.17) is 0 Å². The van der Waals surface area contributed by atoms with Gasteiger partial charge in [0.05, 0.1) is 0 Å². The molecule has 7 heteroatoms. The first-order chi connectivity index (χ1) is 11.4. The lowest BCUT2D eigenvalue weighted by Crippen LogP contribution is -2.36. The van der Waals surface area contributed by atoms with Gasteiger partial charge in [0, 0.05) is 18.7 Å². The highest BCUT2D eigenvalue weighted by Gasteiger charge is 2.44. The molecule has 0 aliphatic heterocycles. The monoisotopic (exact) mass is 342 g/mol. The maximum Gasteiger partial charge on any atom is 0.573 e. The number of nitrogens with one attached hydrogen (secondary N) is 2. The van der Waals surface area contributed by atoms with Gasteiger partial charge in [-0.1, -0.05) is 37.5 Å². The van der Waals surface area contributed by atoms with Crippen molar-refractivity contribution in [2.24, 2.45) is 17.8 Å². The smallest absolute Gasteiger partial charge is 0.405 e. The number of hydrogen-bond acceptors (Lipinski definition) is 2. The van der Waals surface area contributed by atoms with Gasteiger partial charge in [0.25, 0.3) is 0 Å². The molecule has 4 nitrogen and oxygen atoms in total. The van der Waals surface area contributed by atoms with Crippen molar-refractivity contribution in [3.8, 4) is 5.75 Å². The molecule has 0 spiro atoms. The number of urea groups is 1. The molecule has 2 atom stereocenters. The Morgan fingerprint density at radius 3 is 2.62 bits per heavy atom. The Bertz CT molecular complexity index is 587. The predicted molar refractivity (Wildman–Crippen MR) is 82.3 cm³/mol. The highest BCUT2D eigenvalue weighted by Crippen LogP contribution is 2.51. The second-order valence-corrected chi connectivity index (χ2v) is 6.57. The number of para-hydroxylation sites is 1. The van der Waals surface area contributed by atoms with E-state index in [1.807, 2.05) is 0 Å². The lowest BCUT2D eigenvalue weighted by atomic mass is 9.81. The zero-order valence-electron chi connectivity index (χ0n) is 13.2. The molecule has 1 aromatic rings. The van der Waals surface area contributed by atoms with E-state index in [0.29, 0.717) is 12.5 Å². The van der Waals surface area contributed by atoms with Gasteiger partial charge < -0.3 is 15.4 Å². The molecule has 1 aromatic carbocycles. The van der Waals surface area contributed by atoms with Crippen molar-refractivity contribution < 1.29 is 22.7 Å². The number of alkyl halides is 3. The normalized spacial score (nSPS) is 23.3. The van der Waals surface area contributed by atoms with Crippen molar-refractivity contribution in [2.75, 3.05) is 6.54 Å². The first kappa shape index (κ1) is 16.9. The lowest BCUT2D eigenvalue weighted by molar-refractivity contribution is -0.274. The SMILES string of the molecule is O=C(NCc1ccccc1OC(F)(F)F)NC[C@@H]1C[C@H]1C1CCC1. The largest absolute Gasteiger partial charge is 0.573 e. The summed E-state index contributed by atoms with van der Waals surface area (Å²) in [6, 6.07) is 5.42. The summed E-state index contributed by atoms with van der Waals surface area (Å²) in [5.74, 6) is 1.85. The van der Waals surface area contributed by atoms with Crippen molar-refractivity contribution in [3.63, 3.8) is 0 Å². The summed E-state index contributed by atoms with van der Waals surface area (Å²) >= 11 is 0. The second-order valence-electron chi connectivity index (χ2n) is 6.57. The highest BCUT2D eigenvalue weighted by atomic mass is 19.4. The standard InChI is InChI=1S/C17H21F3N2O2/c18-17(19,20)24-15-7-2-1-4-12(15)9-21-16(23)22-10-13-8-14(13)11-5-3-6-11/h1-2,4,7,11,13-14H,3,5-6,8-10H2,(H2,21,22,23)/t13-,14-/m0/s1. The molecule has 0 unspecified atom stereocenters. The van der Waals surface area contributed by atoms with Gasteiger partial charge in [0.1, 0.15) is 5.75 Å². The van der Waals surface area contributed by atoms with E-state index in [1.54, 1.807) is 6.07 Å². The minimum Gasteiger partial charge on any atom is -0.405 e. The van der Waals surface area contributed by atoms with Crippen LogP contribution in [0.15, 0.2) is 24.3 Å². The van der Waals surface area contributed by atoms with Crippen LogP contribution in [-0.2, 0) is 6.54 Å². The van der Waals surface area contributed by atoms with E-state index in [1.165, 1.54) is 43.9 Å². The van der Waals surface area contributed by atoms with Crippen LogP contribution in [0, 0.1) is 17.8 Å². The third-order valence-electron chi connectivity index (χ3n) is 4.90. The Balaban J connectivity index is 1.41. The van der Waals surface area contributed by atoms with E-state index in [-0.39, 0.29) is 23.9 Å². The summed E-state index contributed by atoms with van der Waals surface area (Å²) in [5.41, 5.74) is 0.281. The van der Waals surface area contributed by atoms with Gasteiger partial charge in [0.15, 0.2) is 0 Å². The van der Waals surface area contributed by atoms with Gasteiger partial charge in [0.2, 0.25) is 0 Å². The molecule has 0 radical (unpaired) electrons. The average Bonchev–Trinajstić information content (AvgIpc) is 3.20. The van der Waals surface area contributed by atoms with E-state index in [0.717, 1.165) is 11.8 Å². The van der Waals surface area contributed by atoms with Gasteiger partial charge in [-0.2, -0.15) is 0 Å². The number of carbonyl (C=O) groups excluding carboxylic acids is 1. The van der Waals surface area contributed by atoms with Crippen molar-refractivity contribution >= 4 is 6.03 Å². The molecule has 0 aromatic heterocycles. The molecule has 2 aliphatic rings. The summed E-state index contributed by atoms with van der Waals surface area (Å²) < 4.78 is 41.0. The molecule has 2 aliphatic carbocycles. The summed E-state index contributed by atoms with van der Waals surface area (Å²) in [6.07, 6.45) is 0.363.